The molecule has 1 atom stereocenters. The molecule has 0 saturated heterocycles. The van der Waals surface area contributed by atoms with Gasteiger partial charge in [0.1, 0.15) is 17.3 Å². The second kappa shape index (κ2) is 8.39. The predicted octanol–water partition coefficient (Wildman–Crippen LogP) is 3.60. The molecule has 138 valence electrons. The number of halogens is 2. The van der Waals surface area contributed by atoms with E-state index in [0.29, 0.717) is 5.56 Å². The Morgan fingerprint density at radius 1 is 1.00 bits per heavy atom. The molecule has 8 heteroatoms. The molecule has 2 aromatic carbocycles. The summed E-state index contributed by atoms with van der Waals surface area (Å²) >= 11 is 0. The summed E-state index contributed by atoms with van der Waals surface area (Å²) in [5, 5.41) is 13.5. The number of carbonyl (C=O) groups excluding carboxylic acids is 2. The molecule has 0 aliphatic rings. The summed E-state index contributed by atoms with van der Waals surface area (Å²) < 4.78 is 27.3. The van der Waals surface area contributed by atoms with Crippen molar-refractivity contribution in [2.45, 2.75) is 19.9 Å². The average molecular weight is 363 g/mol. The Balaban J connectivity index is 2.15. The van der Waals surface area contributed by atoms with Crippen LogP contribution >= 0.6 is 0 Å². The van der Waals surface area contributed by atoms with Crippen molar-refractivity contribution >= 4 is 17.6 Å². The van der Waals surface area contributed by atoms with E-state index in [-0.39, 0.29) is 11.5 Å². The SMILES string of the molecule is CC(C)[C@@H](NC(=O)Nc1c(F)cccc1F)c1ccc(C(=O)NO)cc1. The van der Waals surface area contributed by atoms with Crippen molar-refractivity contribution < 1.29 is 23.6 Å². The van der Waals surface area contributed by atoms with Crippen molar-refractivity contribution in [3.8, 4) is 0 Å². The number of hydrogen-bond acceptors (Lipinski definition) is 3. The number of hydroxylamine groups is 1. The smallest absolute Gasteiger partial charge is 0.319 e. The lowest BCUT2D eigenvalue weighted by Gasteiger charge is -2.23. The summed E-state index contributed by atoms with van der Waals surface area (Å²) in [5.41, 5.74) is 1.95. The summed E-state index contributed by atoms with van der Waals surface area (Å²) in [4.78, 5) is 23.5. The maximum atomic E-state index is 13.6. The molecule has 0 aromatic heterocycles. The maximum absolute atomic E-state index is 13.6. The average Bonchev–Trinajstić information content (AvgIpc) is 2.62. The molecule has 0 bridgehead atoms. The molecule has 0 unspecified atom stereocenters. The van der Waals surface area contributed by atoms with Crippen LogP contribution in [0.2, 0.25) is 0 Å². The molecule has 3 amide bonds. The van der Waals surface area contributed by atoms with Gasteiger partial charge in [-0.1, -0.05) is 32.0 Å². The molecule has 4 N–H and O–H groups in total. The molecule has 0 heterocycles. The zero-order valence-electron chi connectivity index (χ0n) is 14.2. The van der Waals surface area contributed by atoms with E-state index in [9.17, 15) is 18.4 Å². The highest BCUT2D eigenvalue weighted by Gasteiger charge is 2.20. The largest absolute Gasteiger partial charge is 0.331 e. The molecule has 0 saturated carbocycles. The third-order valence-electron chi connectivity index (χ3n) is 3.79. The van der Waals surface area contributed by atoms with Gasteiger partial charge in [-0.3, -0.25) is 10.0 Å². The summed E-state index contributed by atoms with van der Waals surface area (Å²) in [6.07, 6.45) is 0. The van der Waals surface area contributed by atoms with Crippen LogP contribution < -0.4 is 16.1 Å². The van der Waals surface area contributed by atoms with Gasteiger partial charge in [-0.15, -0.1) is 0 Å². The van der Waals surface area contributed by atoms with Crippen LogP contribution in [-0.2, 0) is 0 Å². The van der Waals surface area contributed by atoms with E-state index in [0.717, 1.165) is 12.1 Å². The molecule has 6 nitrogen and oxygen atoms in total. The second-order valence-electron chi connectivity index (χ2n) is 5.98. The molecule has 2 rings (SSSR count). The van der Waals surface area contributed by atoms with Crippen LogP contribution in [0, 0.1) is 17.6 Å². The number of rotatable bonds is 5. The Morgan fingerprint density at radius 3 is 2.08 bits per heavy atom. The number of anilines is 1. The topological polar surface area (TPSA) is 90.5 Å². The quantitative estimate of drug-likeness (QED) is 0.483. The first kappa shape index (κ1) is 19.3. The third-order valence-corrected chi connectivity index (χ3v) is 3.79. The number of carbonyl (C=O) groups is 2. The number of para-hydroxylation sites is 1. The molecule has 0 radical (unpaired) electrons. The Kier molecular flexibility index (Phi) is 6.24. The van der Waals surface area contributed by atoms with E-state index in [1.807, 2.05) is 13.8 Å². The highest BCUT2D eigenvalue weighted by atomic mass is 19.1. The van der Waals surface area contributed by atoms with Gasteiger partial charge in [-0.2, -0.15) is 0 Å². The first-order chi connectivity index (χ1) is 12.3. The fourth-order valence-electron chi connectivity index (χ4n) is 2.45. The highest BCUT2D eigenvalue weighted by Crippen LogP contribution is 2.23. The van der Waals surface area contributed by atoms with E-state index < -0.39 is 35.3 Å². The number of hydrogen-bond donors (Lipinski definition) is 4. The molecule has 0 aliphatic heterocycles. The number of nitrogens with one attached hydrogen (secondary N) is 3. The van der Waals surface area contributed by atoms with Crippen LogP contribution in [0.3, 0.4) is 0 Å². The lowest BCUT2D eigenvalue weighted by molar-refractivity contribution is 0.0706. The minimum Gasteiger partial charge on any atom is -0.331 e. The Hall–Kier alpha value is -3.00. The summed E-state index contributed by atoms with van der Waals surface area (Å²) in [7, 11) is 0. The number of urea groups is 1. The first-order valence-electron chi connectivity index (χ1n) is 7.89. The van der Waals surface area contributed by atoms with Crippen LogP contribution in [0.4, 0.5) is 19.3 Å². The van der Waals surface area contributed by atoms with Crippen LogP contribution in [-0.4, -0.2) is 17.1 Å². The maximum Gasteiger partial charge on any atom is 0.319 e. The Bertz CT molecular complexity index is 775. The van der Waals surface area contributed by atoms with Gasteiger partial charge < -0.3 is 10.6 Å². The summed E-state index contributed by atoms with van der Waals surface area (Å²) in [6, 6.07) is 8.31. The fourth-order valence-corrected chi connectivity index (χ4v) is 2.45. The fraction of sp³-hybridized carbons (Fsp3) is 0.222. The minimum absolute atomic E-state index is 0.0382. The summed E-state index contributed by atoms with van der Waals surface area (Å²) in [6.45, 7) is 3.73. The molecule has 2 aromatic rings. The molecule has 0 fully saturated rings. The second-order valence-corrected chi connectivity index (χ2v) is 5.98. The van der Waals surface area contributed by atoms with E-state index in [1.165, 1.54) is 23.7 Å². The van der Waals surface area contributed by atoms with Crippen molar-refractivity contribution in [2.24, 2.45) is 5.92 Å². The zero-order valence-corrected chi connectivity index (χ0v) is 14.2. The van der Waals surface area contributed by atoms with Crippen LogP contribution in [0.25, 0.3) is 0 Å². The standard InChI is InChI=1S/C18H19F2N3O3/c1-10(2)15(11-6-8-12(9-7-11)17(24)23-26)21-18(25)22-16-13(19)4-3-5-14(16)20/h3-10,15,26H,1-2H3,(H,23,24)(H2,21,22,25)/t15-/m1/s1. The monoisotopic (exact) mass is 363 g/mol. The van der Waals surface area contributed by atoms with Crippen LogP contribution in [0.15, 0.2) is 42.5 Å². The molecule has 0 spiro atoms. The Morgan fingerprint density at radius 2 is 1.58 bits per heavy atom. The Labute approximate surface area is 149 Å². The third kappa shape index (κ3) is 4.54. The van der Waals surface area contributed by atoms with E-state index in [1.54, 1.807) is 12.1 Å². The van der Waals surface area contributed by atoms with Crippen molar-refractivity contribution in [2.75, 3.05) is 5.32 Å². The van der Waals surface area contributed by atoms with Gasteiger partial charge >= 0.3 is 6.03 Å². The van der Waals surface area contributed by atoms with Crippen LogP contribution in [0.5, 0.6) is 0 Å². The van der Waals surface area contributed by atoms with Crippen molar-refractivity contribution in [1.82, 2.24) is 10.8 Å². The molecular formula is C18H19F2N3O3. The number of benzene rings is 2. The van der Waals surface area contributed by atoms with E-state index in [2.05, 4.69) is 10.6 Å². The van der Waals surface area contributed by atoms with Crippen molar-refractivity contribution in [3.63, 3.8) is 0 Å². The van der Waals surface area contributed by atoms with Gasteiger partial charge in [-0.25, -0.2) is 19.1 Å². The van der Waals surface area contributed by atoms with Crippen molar-refractivity contribution in [1.29, 1.82) is 0 Å². The van der Waals surface area contributed by atoms with E-state index >= 15 is 0 Å². The van der Waals surface area contributed by atoms with Gasteiger partial charge in [0, 0.05) is 5.56 Å². The number of amides is 3. The summed E-state index contributed by atoms with van der Waals surface area (Å²) in [5.74, 6) is -2.44. The highest BCUT2D eigenvalue weighted by molar-refractivity contribution is 5.93. The van der Waals surface area contributed by atoms with E-state index in [4.69, 9.17) is 5.21 Å². The van der Waals surface area contributed by atoms with Gasteiger partial charge in [0.05, 0.1) is 6.04 Å². The normalized spacial score (nSPS) is 11.8. The van der Waals surface area contributed by atoms with Gasteiger partial charge in [0.25, 0.3) is 5.91 Å². The van der Waals surface area contributed by atoms with Gasteiger partial charge in [0.15, 0.2) is 0 Å². The zero-order chi connectivity index (χ0) is 19.3. The minimum atomic E-state index is -0.874. The van der Waals surface area contributed by atoms with Crippen LogP contribution in [0.1, 0.15) is 35.8 Å². The molecule has 0 aliphatic carbocycles. The lowest BCUT2D eigenvalue weighted by atomic mass is 9.95. The molecular weight excluding hydrogens is 344 g/mol. The van der Waals surface area contributed by atoms with Gasteiger partial charge in [0.2, 0.25) is 0 Å². The predicted molar refractivity (Wildman–Crippen MR) is 91.8 cm³/mol. The van der Waals surface area contributed by atoms with Crippen molar-refractivity contribution in [3.05, 3.63) is 65.2 Å². The molecule has 26 heavy (non-hydrogen) atoms. The first-order valence-corrected chi connectivity index (χ1v) is 7.89. The lowest BCUT2D eigenvalue weighted by Crippen LogP contribution is -2.35. The van der Waals surface area contributed by atoms with Gasteiger partial charge in [-0.05, 0) is 35.7 Å².